The average molecular weight is 300 g/mol. The molecule has 6 heteroatoms. The van der Waals surface area contributed by atoms with Crippen LogP contribution in [0.5, 0.6) is 0 Å². The third-order valence-electron chi connectivity index (χ3n) is 3.88. The van der Waals surface area contributed by atoms with Crippen LogP contribution in [0.25, 0.3) is 0 Å². The molecular weight excluding hydrogens is 280 g/mol. The predicted molar refractivity (Wildman–Crippen MR) is 85.2 cm³/mol. The zero-order valence-electron chi connectivity index (χ0n) is 12.8. The van der Waals surface area contributed by atoms with Crippen LogP contribution >= 0.6 is 0 Å². The number of carbonyl (C=O) groups excluding carboxylic acids is 1. The lowest BCUT2D eigenvalue weighted by molar-refractivity contribution is 0.251. The second kappa shape index (κ2) is 6.09. The van der Waals surface area contributed by atoms with E-state index in [1.807, 2.05) is 0 Å². The lowest BCUT2D eigenvalue weighted by Crippen LogP contribution is -2.42. The molecule has 6 nitrogen and oxygen atoms in total. The molecule has 0 aliphatic carbocycles. The Labute approximate surface area is 129 Å². The number of benzene rings is 1. The Kier molecular flexibility index (Phi) is 4.00. The third-order valence-corrected chi connectivity index (χ3v) is 3.88. The highest BCUT2D eigenvalue weighted by atomic mass is 16.5. The molecule has 0 bridgehead atoms. The molecule has 2 N–H and O–H groups in total. The average Bonchev–Trinajstić information content (AvgIpc) is 3.11. The molecule has 0 saturated heterocycles. The highest BCUT2D eigenvalue weighted by Gasteiger charge is 2.23. The van der Waals surface area contributed by atoms with Gasteiger partial charge in [-0.05, 0) is 31.9 Å². The van der Waals surface area contributed by atoms with Crippen molar-refractivity contribution in [2.24, 2.45) is 0 Å². The number of rotatable bonds is 4. The third kappa shape index (κ3) is 3.05. The molecule has 0 fully saturated rings. The molecule has 1 aliphatic heterocycles. The van der Waals surface area contributed by atoms with Crippen LogP contribution in [0.4, 0.5) is 16.3 Å². The summed E-state index contributed by atoms with van der Waals surface area (Å²) in [6, 6.07) is 10.1. The summed E-state index contributed by atoms with van der Waals surface area (Å²) < 4.78 is 4.91. The van der Waals surface area contributed by atoms with Gasteiger partial charge < -0.3 is 14.7 Å². The standard InChI is InChI=1S/C16H20N4O2/c1-11(20-8-7-13-5-3-4-6-14(13)20)10-17-16(21)18-15-9-12(2)22-19-15/h3-6,9,11H,7-8,10H2,1-2H3,(H2,17,18,19,21)/t11-/m1/s1. The topological polar surface area (TPSA) is 70.4 Å². The number of fused-ring (bicyclic) bond motifs is 1. The Hall–Kier alpha value is -2.50. The maximum absolute atomic E-state index is 11.9. The van der Waals surface area contributed by atoms with Gasteiger partial charge in [0, 0.05) is 30.9 Å². The first-order valence-electron chi connectivity index (χ1n) is 7.46. The van der Waals surface area contributed by atoms with Gasteiger partial charge in [-0.15, -0.1) is 0 Å². The van der Waals surface area contributed by atoms with Crippen LogP contribution in [0.15, 0.2) is 34.9 Å². The van der Waals surface area contributed by atoms with E-state index >= 15 is 0 Å². The minimum absolute atomic E-state index is 0.230. The van der Waals surface area contributed by atoms with E-state index in [-0.39, 0.29) is 12.1 Å². The Bertz CT molecular complexity index is 668. The summed E-state index contributed by atoms with van der Waals surface area (Å²) in [7, 11) is 0. The zero-order chi connectivity index (χ0) is 15.5. The summed E-state index contributed by atoms with van der Waals surface area (Å²) in [5.74, 6) is 1.09. The van der Waals surface area contributed by atoms with Gasteiger partial charge in [-0.3, -0.25) is 5.32 Å². The zero-order valence-corrected chi connectivity index (χ0v) is 12.8. The van der Waals surface area contributed by atoms with Crippen molar-refractivity contribution in [2.45, 2.75) is 26.3 Å². The van der Waals surface area contributed by atoms with Crippen molar-refractivity contribution in [1.82, 2.24) is 10.5 Å². The van der Waals surface area contributed by atoms with Crippen LogP contribution in [0, 0.1) is 6.92 Å². The molecule has 1 aliphatic rings. The first-order chi connectivity index (χ1) is 10.6. The van der Waals surface area contributed by atoms with Crippen LogP contribution < -0.4 is 15.5 Å². The Morgan fingerprint density at radius 1 is 1.45 bits per heavy atom. The van der Waals surface area contributed by atoms with E-state index in [4.69, 9.17) is 4.52 Å². The van der Waals surface area contributed by atoms with E-state index in [1.54, 1.807) is 13.0 Å². The second-order valence-corrected chi connectivity index (χ2v) is 5.58. The number of aromatic nitrogens is 1. The van der Waals surface area contributed by atoms with Gasteiger partial charge in [0.05, 0.1) is 0 Å². The van der Waals surface area contributed by atoms with E-state index in [9.17, 15) is 4.79 Å². The smallest absolute Gasteiger partial charge is 0.320 e. The van der Waals surface area contributed by atoms with Crippen LogP contribution in [0.3, 0.4) is 0 Å². The molecule has 0 spiro atoms. The van der Waals surface area contributed by atoms with Crippen molar-refractivity contribution in [1.29, 1.82) is 0 Å². The molecular formula is C16H20N4O2. The molecule has 1 atom stereocenters. The molecule has 116 valence electrons. The molecule has 0 radical (unpaired) electrons. The van der Waals surface area contributed by atoms with E-state index in [2.05, 4.69) is 51.9 Å². The highest BCUT2D eigenvalue weighted by Crippen LogP contribution is 2.28. The summed E-state index contributed by atoms with van der Waals surface area (Å²) in [5.41, 5.74) is 2.64. The Morgan fingerprint density at radius 2 is 2.27 bits per heavy atom. The Balaban J connectivity index is 1.52. The summed E-state index contributed by atoms with van der Waals surface area (Å²) in [5, 5.41) is 9.26. The summed E-state index contributed by atoms with van der Waals surface area (Å²) >= 11 is 0. The Morgan fingerprint density at radius 3 is 3.05 bits per heavy atom. The largest absolute Gasteiger partial charge is 0.366 e. The number of carbonyl (C=O) groups is 1. The number of hydrogen-bond acceptors (Lipinski definition) is 4. The number of aryl methyl sites for hydroxylation is 1. The SMILES string of the molecule is Cc1cc(NC(=O)NC[C@@H](C)N2CCc3ccccc32)no1. The predicted octanol–water partition coefficient (Wildman–Crippen LogP) is 2.56. The van der Waals surface area contributed by atoms with Gasteiger partial charge in [0.1, 0.15) is 5.76 Å². The van der Waals surface area contributed by atoms with Crippen LogP contribution in [0.1, 0.15) is 18.2 Å². The van der Waals surface area contributed by atoms with Crippen molar-refractivity contribution in [2.75, 3.05) is 23.3 Å². The normalized spacial score (nSPS) is 14.5. The molecule has 0 saturated carbocycles. The molecule has 2 aromatic rings. The molecule has 0 unspecified atom stereocenters. The second-order valence-electron chi connectivity index (χ2n) is 5.58. The fourth-order valence-electron chi connectivity index (χ4n) is 2.76. The maximum Gasteiger partial charge on any atom is 0.320 e. The van der Waals surface area contributed by atoms with E-state index in [1.165, 1.54) is 11.3 Å². The van der Waals surface area contributed by atoms with Crippen molar-refractivity contribution in [3.05, 3.63) is 41.7 Å². The number of anilines is 2. The van der Waals surface area contributed by atoms with Crippen molar-refractivity contribution >= 4 is 17.5 Å². The molecule has 2 heterocycles. The minimum atomic E-state index is -0.271. The first kappa shape index (κ1) is 14.4. The number of amides is 2. The number of hydrogen-bond donors (Lipinski definition) is 2. The molecule has 3 rings (SSSR count). The van der Waals surface area contributed by atoms with E-state index in [0.717, 1.165) is 13.0 Å². The minimum Gasteiger partial charge on any atom is -0.366 e. The van der Waals surface area contributed by atoms with Crippen molar-refractivity contribution in [3.8, 4) is 0 Å². The fourth-order valence-corrected chi connectivity index (χ4v) is 2.76. The van der Waals surface area contributed by atoms with Crippen molar-refractivity contribution < 1.29 is 9.32 Å². The van der Waals surface area contributed by atoms with Gasteiger partial charge in [-0.1, -0.05) is 23.4 Å². The lowest BCUT2D eigenvalue weighted by Gasteiger charge is -2.27. The number of para-hydroxylation sites is 1. The van der Waals surface area contributed by atoms with E-state index in [0.29, 0.717) is 18.1 Å². The van der Waals surface area contributed by atoms with Gasteiger partial charge in [0.25, 0.3) is 0 Å². The van der Waals surface area contributed by atoms with Gasteiger partial charge >= 0.3 is 6.03 Å². The number of urea groups is 1. The summed E-state index contributed by atoms with van der Waals surface area (Å²) in [6.45, 7) is 5.45. The van der Waals surface area contributed by atoms with Crippen LogP contribution in [0.2, 0.25) is 0 Å². The van der Waals surface area contributed by atoms with Crippen LogP contribution in [-0.2, 0) is 6.42 Å². The molecule has 22 heavy (non-hydrogen) atoms. The van der Waals surface area contributed by atoms with Gasteiger partial charge in [0.15, 0.2) is 5.82 Å². The lowest BCUT2D eigenvalue weighted by atomic mass is 10.2. The van der Waals surface area contributed by atoms with Crippen LogP contribution in [-0.4, -0.2) is 30.3 Å². The maximum atomic E-state index is 11.9. The van der Waals surface area contributed by atoms with Gasteiger partial charge in [0.2, 0.25) is 0 Å². The summed E-state index contributed by atoms with van der Waals surface area (Å²) in [4.78, 5) is 14.2. The molecule has 1 aromatic carbocycles. The summed E-state index contributed by atoms with van der Waals surface area (Å²) in [6.07, 6.45) is 1.06. The quantitative estimate of drug-likeness (QED) is 0.910. The van der Waals surface area contributed by atoms with E-state index < -0.39 is 0 Å². The first-order valence-corrected chi connectivity index (χ1v) is 7.46. The number of nitrogens with zero attached hydrogens (tertiary/aromatic N) is 2. The fraction of sp³-hybridized carbons (Fsp3) is 0.375. The van der Waals surface area contributed by atoms with Gasteiger partial charge in [-0.25, -0.2) is 4.79 Å². The van der Waals surface area contributed by atoms with Crippen molar-refractivity contribution in [3.63, 3.8) is 0 Å². The molecule has 2 amide bonds. The van der Waals surface area contributed by atoms with Gasteiger partial charge in [-0.2, -0.15) is 0 Å². The highest BCUT2D eigenvalue weighted by molar-refractivity contribution is 5.88. The monoisotopic (exact) mass is 300 g/mol. The molecule has 1 aromatic heterocycles. The number of nitrogens with one attached hydrogen (secondary N) is 2.